The molecule has 118 valence electrons. The Morgan fingerprint density at radius 1 is 1.36 bits per heavy atom. The molecule has 0 aliphatic heterocycles. The fourth-order valence-corrected chi connectivity index (χ4v) is 3.66. The third-order valence-electron chi connectivity index (χ3n) is 2.94. The van der Waals surface area contributed by atoms with Crippen molar-refractivity contribution in [1.29, 1.82) is 0 Å². The van der Waals surface area contributed by atoms with Crippen molar-refractivity contribution in [2.24, 2.45) is 0 Å². The Morgan fingerprint density at radius 3 is 2.86 bits per heavy atom. The van der Waals surface area contributed by atoms with Gasteiger partial charge in [-0.15, -0.1) is 10.2 Å². The first-order valence-corrected chi connectivity index (χ1v) is 8.87. The maximum Gasteiger partial charge on any atom is 0.261 e. The van der Waals surface area contributed by atoms with Gasteiger partial charge in [0.05, 0.1) is 12.2 Å². The number of nitrogens with one attached hydrogen (secondary N) is 1. The fourth-order valence-electron chi connectivity index (χ4n) is 1.66. The number of carbonyl (C=O) groups is 1. The molecule has 1 N–H and O–H groups in total. The van der Waals surface area contributed by atoms with E-state index in [0.717, 1.165) is 10.8 Å². The predicted molar refractivity (Wildman–Crippen MR) is 91.1 cm³/mol. The van der Waals surface area contributed by atoms with Gasteiger partial charge < -0.3 is 4.74 Å². The Morgan fingerprint density at radius 2 is 2.14 bits per heavy atom. The van der Waals surface area contributed by atoms with Crippen molar-refractivity contribution < 1.29 is 9.53 Å². The molecule has 0 saturated heterocycles. The zero-order chi connectivity index (χ0) is 15.9. The van der Waals surface area contributed by atoms with Gasteiger partial charge in [-0.1, -0.05) is 49.1 Å². The standard InChI is InChI=1S/C15H19N3O2S2/c1-4-10(3)21-15-18-17-14(22-15)16-13(19)11-8-6-7-9-12(11)20-5-2/h6-10H,4-5H2,1-3H3,(H,16,17,19). The SMILES string of the molecule is CCOc1ccccc1C(=O)Nc1nnc(SC(C)CC)s1. The minimum absolute atomic E-state index is 0.236. The van der Waals surface area contributed by atoms with Crippen molar-refractivity contribution in [2.45, 2.75) is 36.8 Å². The number of thioether (sulfide) groups is 1. The lowest BCUT2D eigenvalue weighted by Crippen LogP contribution is -2.13. The molecule has 0 spiro atoms. The molecule has 1 amide bonds. The van der Waals surface area contributed by atoms with Crippen molar-refractivity contribution >= 4 is 34.1 Å². The van der Waals surface area contributed by atoms with Crippen LogP contribution in [0.5, 0.6) is 5.75 Å². The molecular weight excluding hydrogens is 318 g/mol. The number of aromatic nitrogens is 2. The molecule has 2 rings (SSSR count). The molecule has 1 heterocycles. The summed E-state index contributed by atoms with van der Waals surface area (Å²) in [5, 5.41) is 11.9. The van der Waals surface area contributed by atoms with Crippen molar-refractivity contribution in [2.75, 3.05) is 11.9 Å². The van der Waals surface area contributed by atoms with Gasteiger partial charge in [0.25, 0.3) is 5.91 Å². The van der Waals surface area contributed by atoms with Gasteiger partial charge in [0.1, 0.15) is 5.75 Å². The van der Waals surface area contributed by atoms with Crippen molar-refractivity contribution in [3.8, 4) is 5.75 Å². The molecule has 0 saturated carbocycles. The highest BCUT2D eigenvalue weighted by molar-refractivity contribution is 8.01. The summed E-state index contributed by atoms with van der Waals surface area (Å²) in [6.07, 6.45) is 1.06. The molecule has 5 nitrogen and oxygen atoms in total. The predicted octanol–water partition coefficient (Wildman–Crippen LogP) is 4.08. The number of rotatable bonds is 7. The molecule has 0 radical (unpaired) electrons. The first-order chi connectivity index (χ1) is 10.6. The minimum atomic E-state index is -0.236. The molecule has 0 fully saturated rings. The summed E-state index contributed by atoms with van der Waals surface area (Å²) in [6, 6.07) is 7.16. The van der Waals surface area contributed by atoms with E-state index in [0.29, 0.717) is 28.3 Å². The maximum absolute atomic E-state index is 12.3. The number of anilines is 1. The molecule has 1 aromatic carbocycles. The van der Waals surface area contributed by atoms with Crippen LogP contribution in [0.25, 0.3) is 0 Å². The lowest BCUT2D eigenvalue weighted by Gasteiger charge is -2.08. The summed E-state index contributed by atoms with van der Waals surface area (Å²) in [7, 11) is 0. The van der Waals surface area contributed by atoms with E-state index < -0.39 is 0 Å². The van der Waals surface area contributed by atoms with Gasteiger partial charge >= 0.3 is 0 Å². The smallest absolute Gasteiger partial charge is 0.261 e. The summed E-state index contributed by atoms with van der Waals surface area (Å²) in [6.45, 7) is 6.67. The van der Waals surface area contributed by atoms with E-state index in [1.165, 1.54) is 11.3 Å². The zero-order valence-electron chi connectivity index (χ0n) is 12.8. The van der Waals surface area contributed by atoms with Crippen LogP contribution in [0.3, 0.4) is 0 Å². The highest BCUT2D eigenvalue weighted by atomic mass is 32.2. The van der Waals surface area contributed by atoms with E-state index in [1.54, 1.807) is 23.9 Å². The Hall–Kier alpha value is -1.60. The van der Waals surface area contributed by atoms with Crippen LogP contribution in [-0.2, 0) is 0 Å². The van der Waals surface area contributed by atoms with E-state index >= 15 is 0 Å². The molecule has 1 atom stereocenters. The van der Waals surface area contributed by atoms with Crippen molar-refractivity contribution in [3.63, 3.8) is 0 Å². The number of carbonyl (C=O) groups excluding carboxylic acids is 1. The number of ether oxygens (including phenoxy) is 1. The number of benzene rings is 1. The lowest BCUT2D eigenvalue weighted by atomic mass is 10.2. The normalized spacial score (nSPS) is 12.0. The number of nitrogens with zero attached hydrogens (tertiary/aromatic N) is 2. The van der Waals surface area contributed by atoms with Crippen LogP contribution in [0.1, 0.15) is 37.6 Å². The van der Waals surface area contributed by atoms with Gasteiger partial charge in [0.15, 0.2) is 4.34 Å². The fraction of sp³-hybridized carbons (Fsp3) is 0.400. The quantitative estimate of drug-likeness (QED) is 0.609. The molecule has 0 bridgehead atoms. The topological polar surface area (TPSA) is 64.1 Å². The Labute approximate surface area is 138 Å². The zero-order valence-corrected chi connectivity index (χ0v) is 14.5. The third-order valence-corrected chi connectivity index (χ3v) is 5.13. The summed E-state index contributed by atoms with van der Waals surface area (Å²) in [5.74, 6) is 0.335. The second kappa shape index (κ2) is 8.14. The van der Waals surface area contributed by atoms with Crippen molar-refractivity contribution in [1.82, 2.24) is 10.2 Å². The van der Waals surface area contributed by atoms with E-state index in [-0.39, 0.29) is 5.91 Å². The Kier molecular flexibility index (Phi) is 6.21. The van der Waals surface area contributed by atoms with Gasteiger partial charge in [-0.3, -0.25) is 10.1 Å². The minimum Gasteiger partial charge on any atom is -0.493 e. The molecule has 22 heavy (non-hydrogen) atoms. The van der Waals surface area contributed by atoms with Crippen LogP contribution in [0.2, 0.25) is 0 Å². The molecule has 0 aliphatic carbocycles. The van der Waals surface area contributed by atoms with Gasteiger partial charge in [-0.25, -0.2) is 0 Å². The number of hydrogen-bond acceptors (Lipinski definition) is 6. The van der Waals surface area contributed by atoms with Gasteiger partial charge in [-0.2, -0.15) is 0 Å². The summed E-state index contributed by atoms with van der Waals surface area (Å²) >= 11 is 3.05. The van der Waals surface area contributed by atoms with Gasteiger partial charge in [0.2, 0.25) is 5.13 Å². The number of para-hydroxylation sites is 1. The van der Waals surface area contributed by atoms with Crippen LogP contribution in [0.15, 0.2) is 28.6 Å². The van der Waals surface area contributed by atoms with Gasteiger partial charge in [0, 0.05) is 5.25 Å². The second-order valence-electron chi connectivity index (χ2n) is 4.59. The van der Waals surface area contributed by atoms with Crippen LogP contribution < -0.4 is 10.1 Å². The van der Waals surface area contributed by atoms with Crippen LogP contribution in [0.4, 0.5) is 5.13 Å². The number of hydrogen-bond donors (Lipinski definition) is 1. The Balaban J connectivity index is 2.06. The molecule has 2 aromatic rings. The number of amides is 1. The van der Waals surface area contributed by atoms with E-state index in [4.69, 9.17) is 4.74 Å². The molecule has 7 heteroatoms. The molecule has 1 unspecified atom stereocenters. The highest BCUT2D eigenvalue weighted by Gasteiger charge is 2.15. The van der Waals surface area contributed by atoms with Crippen molar-refractivity contribution in [3.05, 3.63) is 29.8 Å². The first kappa shape index (κ1) is 16.8. The van der Waals surface area contributed by atoms with Gasteiger partial charge in [-0.05, 0) is 25.5 Å². The summed E-state index contributed by atoms with van der Waals surface area (Å²) < 4.78 is 6.33. The maximum atomic E-state index is 12.3. The van der Waals surface area contributed by atoms with E-state index in [9.17, 15) is 4.79 Å². The lowest BCUT2D eigenvalue weighted by molar-refractivity contribution is 0.102. The van der Waals surface area contributed by atoms with E-state index in [2.05, 4.69) is 29.4 Å². The Bertz CT molecular complexity index is 631. The van der Waals surface area contributed by atoms with Crippen LogP contribution in [-0.4, -0.2) is 28.0 Å². The average molecular weight is 337 g/mol. The molecule has 1 aromatic heterocycles. The largest absolute Gasteiger partial charge is 0.493 e. The molecular formula is C15H19N3O2S2. The molecule has 0 aliphatic rings. The summed E-state index contributed by atoms with van der Waals surface area (Å²) in [4.78, 5) is 12.3. The average Bonchev–Trinajstić information content (AvgIpc) is 2.95. The van der Waals surface area contributed by atoms with Crippen LogP contribution >= 0.6 is 23.1 Å². The second-order valence-corrected chi connectivity index (χ2v) is 7.26. The first-order valence-electron chi connectivity index (χ1n) is 7.17. The monoisotopic (exact) mass is 337 g/mol. The summed E-state index contributed by atoms with van der Waals surface area (Å²) in [5.41, 5.74) is 0.496. The third kappa shape index (κ3) is 4.45. The highest BCUT2D eigenvalue weighted by Crippen LogP contribution is 2.30. The van der Waals surface area contributed by atoms with Crippen LogP contribution in [0, 0.1) is 0 Å². The van der Waals surface area contributed by atoms with E-state index in [1.807, 2.05) is 19.1 Å².